The number of aromatic amines is 2. The maximum absolute atomic E-state index is 13.0. The zero-order chi connectivity index (χ0) is 24.1. The molecule has 7 nitrogen and oxygen atoms in total. The highest BCUT2D eigenvalue weighted by Crippen LogP contribution is 2.25. The molecule has 2 heterocycles. The summed E-state index contributed by atoms with van der Waals surface area (Å²) in [6.45, 7) is 3.22. The second kappa shape index (κ2) is 10.7. The summed E-state index contributed by atoms with van der Waals surface area (Å²) >= 11 is 5.47. The van der Waals surface area contributed by atoms with Crippen molar-refractivity contribution in [1.82, 2.24) is 19.9 Å². The van der Waals surface area contributed by atoms with Gasteiger partial charge in [-0.1, -0.05) is 36.2 Å². The van der Waals surface area contributed by atoms with Gasteiger partial charge in [-0.25, -0.2) is 0 Å². The molecule has 0 bridgehead atoms. The van der Waals surface area contributed by atoms with Crippen molar-refractivity contribution in [2.45, 2.75) is 45.6 Å². The van der Waals surface area contributed by atoms with Gasteiger partial charge in [0, 0.05) is 30.4 Å². The molecule has 4 rings (SSSR count). The summed E-state index contributed by atoms with van der Waals surface area (Å²) in [6, 6.07) is 14.0. The first kappa shape index (κ1) is 23.8. The molecule has 178 valence electrons. The number of amides is 1. The van der Waals surface area contributed by atoms with Crippen molar-refractivity contribution in [1.29, 1.82) is 0 Å². The van der Waals surface area contributed by atoms with Crippen molar-refractivity contribution in [2.75, 3.05) is 13.7 Å². The lowest BCUT2D eigenvalue weighted by atomic mass is 10.1. The van der Waals surface area contributed by atoms with E-state index in [1.54, 1.807) is 11.7 Å². The van der Waals surface area contributed by atoms with Crippen molar-refractivity contribution in [3.05, 3.63) is 68.7 Å². The minimum atomic E-state index is -0.136. The molecule has 4 aromatic rings. The Bertz CT molecular complexity index is 1420. The van der Waals surface area contributed by atoms with E-state index in [1.165, 1.54) is 11.1 Å². The minimum absolute atomic E-state index is 0.0662. The SMILES string of the molecule is COc1ccc2[nH]c3c(=O)n(CCCCCC(=O)NCCc4ccc(C)cc4)c(=S)[nH]c3c2c1. The number of hydrogen-bond donors (Lipinski definition) is 3. The number of nitrogens with zero attached hydrogens (tertiary/aromatic N) is 1. The van der Waals surface area contributed by atoms with Crippen molar-refractivity contribution < 1.29 is 9.53 Å². The van der Waals surface area contributed by atoms with Crippen LogP contribution in [0.1, 0.15) is 36.8 Å². The lowest BCUT2D eigenvalue weighted by Gasteiger charge is -2.08. The number of fused-ring (bicyclic) bond motifs is 3. The predicted molar refractivity (Wildman–Crippen MR) is 138 cm³/mol. The third-order valence-electron chi connectivity index (χ3n) is 6.08. The topological polar surface area (TPSA) is 91.9 Å². The summed E-state index contributed by atoms with van der Waals surface area (Å²) in [4.78, 5) is 31.5. The van der Waals surface area contributed by atoms with Crippen LogP contribution in [0.4, 0.5) is 0 Å². The first-order valence-corrected chi connectivity index (χ1v) is 12.0. The highest BCUT2D eigenvalue weighted by Gasteiger charge is 2.12. The van der Waals surface area contributed by atoms with Gasteiger partial charge in [-0.3, -0.25) is 14.2 Å². The van der Waals surface area contributed by atoms with Gasteiger partial charge in [0.2, 0.25) is 5.91 Å². The number of nitrogens with one attached hydrogen (secondary N) is 3. The molecule has 0 saturated heterocycles. The van der Waals surface area contributed by atoms with Gasteiger partial charge in [0.25, 0.3) is 5.56 Å². The monoisotopic (exact) mass is 478 g/mol. The quantitative estimate of drug-likeness (QED) is 0.226. The van der Waals surface area contributed by atoms with Crippen LogP contribution in [-0.4, -0.2) is 34.1 Å². The number of ether oxygens (including phenoxy) is 1. The zero-order valence-electron chi connectivity index (χ0n) is 19.6. The maximum atomic E-state index is 13.0. The van der Waals surface area contributed by atoms with Gasteiger partial charge < -0.3 is 20.0 Å². The summed E-state index contributed by atoms with van der Waals surface area (Å²) in [6.07, 6.45) is 3.70. The third-order valence-corrected chi connectivity index (χ3v) is 6.41. The van der Waals surface area contributed by atoms with Crippen molar-refractivity contribution in [2.24, 2.45) is 0 Å². The van der Waals surface area contributed by atoms with Gasteiger partial charge in [0.15, 0.2) is 4.77 Å². The highest BCUT2D eigenvalue weighted by atomic mass is 32.1. The number of methoxy groups -OCH3 is 1. The number of aromatic nitrogens is 3. The van der Waals surface area contributed by atoms with Gasteiger partial charge in [0.05, 0.1) is 12.6 Å². The van der Waals surface area contributed by atoms with Crippen LogP contribution in [0.15, 0.2) is 47.3 Å². The van der Waals surface area contributed by atoms with Crippen molar-refractivity contribution in [3.63, 3.8) is 0 Å². The molecule has 8 heteroatoms. The van der Waals surface area contributed by atoms with E-state index in [-0.39, 0.29) is 11.5 Å². The molecule has 0 aliphatic heterocycles. The fraction of sp³-hybridized carbons (Fsp3) is 0.346. The molecule has 3 N–H and O–H groups in total. The smallest absolute Gasteiger partial charge is 0.278 e. The first-order valence-electron chi connectivity index (χ1n) is 11.6. The molecule has 0 atom stereocenters. The number of unbranched alkanes of at least 4 members (excludes halogenated alkanes) is 2. The van der Waals surface area contributed by atoms with E-state index in [0.717, 1.165) is 42.3 Å². The van der Waals surface area contributed by atoms with Crippen molar-refractivity contribution in [3.8, 4) is 5.75 Å². The standard InChI is InChI=1S/C26H30N4O3S/c1-17-7-9-18(10-8-17)13-14-27-22(31)6-4-3-5-15-30-25(32)24-23(29-26(30)34)20-16-19(33-2)11-12-21(20)28-24/h7-12,16,28H,3-6,13-15H2,1-2H3,(H,27,31)(H,29,34). The van der Waals surface area contributed by atoms with Crippen LogP contribution in [0, 0.1) is 11.7 Å². The van der Waals surface area contributed by atoms with Gasteiger partial charge in [-0.2, -0.15) is 0 Å². The summed E-state index contributed by atoms with van der Waals surface area (Å²) in [7, 11) is 1.61. The van der Waals surface area contributed by atoms with Crippen LogP contribution >= 0.6 is 12.2 Å². The Labute approximate surface area is 203 Å². The van der Waals surface area contributed by atoms with Crippen LogP contribution in [0.5, 0.6) is 5.75 Å². The Morgan fingerprint density at radius 2 is 1.85 bits per heavy atom. The van der Waals surface area contributed by atoms with Gasteiger partial charge in [-0.05, 0) is 62.2 Å². The molecule has 0 saturated carbocycles. The summed E-state index contributed by atoms with van der Waals surface area (Å²) < 4.78 is 7.29. The fourth-order valence-corrected chi connectivity index (χ4v) is 4.39. The van der Waals surface area contributed by atoms with Crippen LogP contribution in [0.2, 0.25) is 0 Å². The Balaban J connectivity index is 1.27. The molecule has 0 fully saturated rings. The lowest BCUT2D eigenvalue weighted by Crippen LogP contribution is -2.25. The molecular formula is C26H30N4O3S. The van der Waals surface area contributed by atoms with E-state index in [0.29, 0.717) is 35.3 Å². The van der Waals surface area contributed by atoms with E-state index >= 15 is 0 Å². The molecule has 0 unspecified atom stereocenters. The van der Waals surface area contributed by atoms with E-state index in [2.05, 4.69) is 46.5 Å². The van der Waals surface area contributed by atoms with Crippen LogP contribution in [0.3, 0.4) is 0 Å². The fourth-order valence-electron chi connectivity index (χ4n) is 4.11. The number of benzene rings is 2. The second-order valence-electron chi connectivity index (χ2n) is 8.57. The van der Waals surface area contributed by atoms with Gasteiger partial charge in [0.1, 0.15) is 11.3 Å². The molecule has 2 aromatic heterocycles. The van der Waals surface area contributed by atoms with Crippen LogP contribution in [-0.2, 0) is 17.8 Å². The molecule has 0 aliphatic carbocycles. The Kier molecular flexibility index (Phi) is 7.47. The molecular weight excluding hydrogens is 448 g/mol. The Morgan fingerprint density at radius 3 is 2.62 bits per heavy atom. The summed E-state index contributed by atoms with van der Waals surface area (Å²) in [5, 5.41) is 3.86. The Hall–Kier alpha value is -3.39. The molecule has 0 radical (unpaired) electrons. The van der Waals surface area contributed by atoms with E-state index in [9.17, 15) is 9.59 Å². The largest absolute Gasteiger partial charge is 0.497 e. The number of H-pyrrole nitrogens is 2. The number of carbonyl (C=O) groups excluding carboxylic acids is 1. The van der Waals surface area contributed by atoms with Gasteiger partial charge >= 0.3 is 0 Å². The Morgan fingerprint density at radius 1 is 1.06 bits per heavy atom. The highest BCUT2D eigenvalue weighted by molar-refractivity contribution is 7.71. The summed E-state index contributed by atoms with van der Waals surface area (Å²) in [5.41, 5.74) is 4.37. The minimum Gasteiger partial charge on any atom is -0.497 e. The van der Waals surface area contributed by atoms with Crippen molar-refractivity contribution >= 4 is 40.1 Å². The maximum Gasteiger partial charge on any atom is 0.278 e. The van der Waals surface area contributed by atoms with Crippen LogP contribution in [0.25, 0.3) is 21.9 Å². The van der Waals surface area contributed by atoms with Crippen LogP contribution < -0.4 is 15.6 Å². The first-order chi connectivity index (χ1) is 16.5. The summed E-state index contributed by atoms with van der Waals surface area (Å²) in [5.74, 6) is 0.785. The normalized spacial score (nSPS) is 11.2. The molecule has 2 aromatic carbocycles. The average molecular weight is 479 g/mol. The predicted octanol–water partition coefficient (Wildman–Crippen LogP) is 4.78. The molecule has 1 amide bonds. The molecule has 34 heavy (non-hydrogen) atoms. The van der Waals surface area contributed by atoms with E-state index in [1.807, 2.05) is 18.2 Å². The number of aryl methyl sites for hydroxylation is 1. The number of carbonyl (C=O) groups is 1. The molecule has 0 aliphatic rings. The average Bonchev–Trinajstić information content (AvgIpc) is 3.19. The molecule has 0 spiro atoms. The number of rotatable bonds is 10. The lowest BCUT2D eigenvalue weighted by molar-refractivity contribution is -0.121. The number of hydrogen-bond acceptors (Lipinski definition) is 4. The third kappa shape index (κ3) is 5.39. The van der Waals surface area contributed by atoms with Gasteiger partial charge in [-0.15, -0.1) is 0 Å². The van der Waals surface area contributed by atoms with E-state index in [4.69, 9.17) is 17.0 Å². The second-order valence-corrected chi connectivity index (χ2v) is 8.96. The zero-order valence-corrected chi connectivity index (χ0v) is 20.4. The van der Waals surface area contributed by atoms with E-state index < -0.39 is 0 Å².